The Hall–Kier alpha value is -0.770. The zero-order valence-corrected chi connectivity index (χ0v) is 14.9. The number of carbonyl (C=O) groups excluding carboxylic acids is 1. The molecule has 3 atom stereocenters. The van der Waals surface area contributed by atoms with E-state index in [1.165, 1.54) is 32.1 Å². The van der Waals surface area contributed by atoms with Crippen LogP contribution < -0.4 is 5.32 Å². The molecule has 2 fully saturated rings. The normalized spacial score (nSPS) is 29.1. The number of hydrogen-bond acceptors (Lipinski definition) is 3. The molecule has 22 heavy (non-hydrogen) atoms. The van der Waals surface area contributed by atoms with E-state index in [1.807, 2.05) is 25.7 Å². The second-order valence-electron chi connectivity index (χ2n) is 8.03. The number of carbonyl (C=O) groups is 1. The van der Waals surface area contributed by atoms with Gasteiger partial charge in [0, 0.05) is 19.1 Å². The van der Waals surface area contributed by atoms with E-state index in [1.54, 1.807) is 0 Å². The molecule has 0 radical (unpaired) electrons. The van der Waals surface area contributed by atoms with Gasteiger partial charge in [0.05, 0.1) is 0 Å². The maximum Gasteiger partial charge on any atom is 0.410 e. The fourth-order valence-electron chi connectivity index (χ4n) is 3.83. The summed E-state index contributed by atoms with van der Waals surface area (Å²) in [6, 6.07) is 0.730. The monoisotopic (exact) mass is 310 g/mol. The van der Waals surface area contributed by atoms with Crippen LogP contribution in [0.5, 0.6) is 0 Å². The maximum absolute atomic E-state index is 12.1. The van der Waals surface area contributed by atoms with E-state index in [0.717, 1.165) is 38.0 Å². The van der Waals surface area contributed by atoms with Crippen molar-refractivity contribution in [2.75, 3.05) is 19.6 Å². The van der Waals surface area contributed by atoms with Crippen LogP contribution in [0.1, 0.15) is 66.2 Å². The highest BCUT2D eigenvalue weighted by atomic mass is 16.6. The number of rotatable bonds is 5. The van der Waals surface area contributed by atoms with E-state index in [4.69, 9.17) is 4.74 Å². The lowest BCUT2D eigenvalue weighted by Crippen LogP contribution is -2.36. The number of likely N-dealkylation sites (tertiary alicyclic amines) is 1. The molecule has 1 saturated heterocycles. The summed E-state index contributed by atoms with van der Waals surface area (Å²) < 4.78 is 5.46. The molecule has 2 aliphatic rings. The highest BCUT2D eigenvalue weighted by Gasteiger charge is 2.30. The molecular formula is C18H34N2O2. The second-order valence-corrected chi connectivity index (χ2v) is 8.03. The van der Waals surface area contributed by atoms with E-state index in [-0.39, 0.29) is 6.09 Å². The van der Waals surface area contributed by atoms with Gasteiger partial charge in [-0.25, -0.2) is 4.79 Å². The van der Waals surface area contributed by atoms with Gasteiger partial charge in [0.2, 0.25) is 0 Å². The maximum atomic E-state index is 12.1. The predicted octanol–water partition coefficient (Wildman–Crippen LogP) is 3.80. The summed E-state index contributed by atoms with van der Waals surface area (Å²) in [5.74, 6) is 1.50. The molecule has 4 heteroatoms. The molecule has 0 aromatic carbocycles. The molecule has 4 nitrogen and oxygen atoms in total. The molecular weight excluding hydrogens is 276 g/mol. The van der Waals surface area contributed by atoms with Crippen molar-refractivity contribution >= 4 is 6.09 Å². The Morgan fingerprint density at radius 3 is 2.73 bits per heavy atom. The Morgan fingerprint density at radius 1 is 1.27 bits per heavy atom. The fourth-order valence-corrected chi connectivity index (χ4v) is 3.83. The zero-order valence-electron chi connectivity index (χ0n) is 14.9. The summed E-state index contributed by atoms with van der Waals surface area (Å²) in [4.78, 5) is 13.9. The van der Waals surface area contributed by atoms with Gasteiger partial charge in [-0.05, 0) is 64.8 Å². The van der Waals surface area contributed by atoms with Crippen molar-refractivity contribution < 1.29 is 9.53 Å². The highest BCUT2D eigenvalue weighted by molar-refractivity contribution is 5.68. The van der Waals surface area contributed by atoms with Gasteiger partial charge in [0.15, 0.2) is 0 Å². The molecule has 1 aliphatic carbocycles. The first-order chi connectivity index (χ1) is 10.4. The number of nitrogens with zero attached hydrogens (tertiary/aromatic N) is 1. The molecule has 1 N–H and O–H groups in total. The smallest absolute Gasteiger partial charge is 0.410 e. The van der Waals surface area contributed by atoms with E-state index < -0.39 is 5.60 Å². The van der Waals surface area contributed by atoms with Crippen LogP contribution in [0.25, 0.3) is 0 Å². The molecule has 128 valence electrons. The Labute approximate surface area is 136 Å². The van der Waals surface area contributed by atoms with E-state index in [2.05, 4.69) is 12.2 Å². The molecule has 0 aromatic heterocycles. The molecule has 2 rings (SSSR count). The Balaban J connectivity index is 1.65. The van der Waals surface area contributed by atoms with Crippen LogP contribution in [0.2, 0.25) is 0 Å². The lowest BCUT2D eigenvalue weighted by Gasteiger charge is -2.24. The molecule has 1 saturated carbocycles. The van der Waals surface area contributed by atoms with Gasteiger partial charge in [0.25, 0.3) is 0 Å². The van der Waals surface area contributed by atoms with Crippen molar-refractivity contribution in [3.8, 4) is 0 Å². The third-order valence-electron chi connectivity index (χ3n) is 5.08. The number of hydrogen-bond donors (Lipinski definition) is 1. The van der Waals surface area contributed by atoms with Crippen LogP contribution >= 0.6 is 0 Å². The van der Waals surface area contributed by atoms with Crippen molar-refractivity contribution in [3.63, 3.8) is 0 Å². The first-order valence-corrected chi connectivity index (χ1v) is 9.10. The first-order valence-electron chi connectivity index (χ1n) is 9.10. The Morgan fingerprint density at radius 2 is 2.05 bits per heavy atom. The molecule has 1 heterocycles. The lowest BCUT2D eigenvalue weighted by molar-refractivity contribution is 0.0287. The van der Waals surface area contributed by atoms with Gasteiger partial charge in [-0.15, -0.1) is 0 Å². The van der Waals surface area contributed by atoms with Crippen molar-refractivity contribution in [1.82, 2.24) is 10.2 Å². The number of nitrogens with one attached hydrogen (secondary N) is 1. The van der Waals surface area contributed by atoms with E-state index >= 15 is 0 Å². The van der Waals surface area contributed by atoms with Gasteiger partial charge >= 0.3 is 6.09 Å². The summed E-state index contributed by atoms with van der Waals surface area (Å²) in [5.41, 5.74) is -0.394. The van der Waals surface area contributed by atoms with Gasteiger partial charge in [-0.2, -0.15) is 0 Å². The Bertz CT molecular complexity index is 365. The van der Waals surface area contributed by atoms with Crippen LogP contribution in [-0.4, -0.2) is 42.3 Å². The van der Waals surface area contributed by atoms with Crippen LogP contribution in [0, 0.1) is 11.8 Å². The first kappa shape index (κ1) is 17.6. The largest absolute Gasteiger partial charge is 0.444 e. The number of amides is 1. The van der Waals surface area contributed by atoms with Crippen LogP contribution in [0.4, 0.5) is 4.79 Å². The number of ether oxygens (including phenoxy) is 1. The molecule has 1 amide bonds. The van der Waals surface area contributed by atoms with Crippen LogP contribution in [0.3, 0.4) is 0 Å². The molecule has 0 spiro atoms. The zero-order chi connectivity index (χ0) is 16.2. The fraction of sp³-hybridized carbons (Fsp3) is 0.944. The van der Waals surface area contributed by atoms with Gasteiger partial charge in [-0.1, -0.05) is 19.8 Å². The topological polar surface area (TPSA) is 41.6 Å². The molecule has 0 aromatic rings. The van der Waals surface area contributed by atoms with E-state index in [9.17, 15) is 4.79 Å². The summed E-state index contributed by atoms with van der Waals surface area (Å²) in [5, 5.41) is 3.76. The highest BCUT2D eigenvalue weighted by Crippen LogP contribution is 2.28. The molecule has 0 bridgehead atoms. The Kier molecular flexibility index (Phi) is 6.13. The molecule has 3 unspecified atom stereocenters. The third-order valence-corrected chi connectivity index (χ3v) is 5.08. The average Bonchev–Trinajstić information content (AvgIpc) is 3.05. The van der Waals surface area contributed by atoms with E-state index in [0.29, 0.717) is 5.92 Å². The van der Waals surface area contributed by atoms with Crippen molar-refractivity contribution in [3.05, 3.63) is 0 Å². The van der Waals surface area contributed by atoms with Crippen LogP contribution in [-0.2, 0) is 4.74 Å². The second kappa shape index (κ2) is 7.67. The minimum absolute atomic E-state index is 0.148. The quantitative estimate of drug-likeness (QED) is 0.839. The van der Waals surface area contributed by atoms with Crippen molar-refractivity contribution in [2.45, 2.75) is 77.9 Å². The summed E-state index contributed by atoms with van der Waals surface area (Å²) in [6.45, 7) is 10.9. The average molecular weight is 310 g/mol. The third kappa shape index (κ3) is 5.15. The SMILES string of the molecule is CCC1CCCC1NCCC1CCN(C(=O)OC(C)(C)C)C1. The standard InChI is InChI=1S/C18H34N2O2/c1-5-15-7-6-8-16(15)19-11-9-14-10-12-20(13-14)17(21)22-18(2,3)4/h14-16,19H,5-13H2,1-4H3. The van der Waals surface area contributed by atoms with Crippen molar-refractivity contribution in [1.29, 1.82) is 0 Å². The minimum atomic E-state index is -0.394. The summed E-state index contributed by atoms with van der Waals surface area (Å²) in [7, 11) is 0. The van der Waals surface area contributed by atoms with Crippen molar-refractivity contribution in [2.24, 2.45) is 11.8 Å². The van der Waals surface area contributed by atoms with Gasteiger partial charge in [-0.3, -0.25) is 0 Å². The minimum Gasteiger partial charge on any atom is -0.444 e. The predicted molar refractivity (Wildman–Crippen MR) is 90.0 cm³/mol. The van der Waals surface area contributed by atoms with Crippen LogP contribution in [0.15, 0.2) is 0 Å². The van der Waals surface area contributed by atoms with Gasteiger partial charge in [0.1, 0.15) is 5.60 Å². The lowest BCUT2D eigenvalue weighted by atomic mass is 9.99. The van der Waals surface area contributed by atoms with Gasteiger partial charge < -0.3 is 15.0 Å². The summed E-state index contributed by atoms with van der Waals surface area (Å²) >= 11 is 0. The summed E-state index contributed by atoms with van der Waals surface area (Å²) in [6.07, 6.45) is 7.55. The molecule has 1 aliphatic heterocycles.